The summed E-state index contributed by atoms with van der Waals surface area (Å²) in [4.78, 5) is 19.3. The number of rotatable bonds is 5. The Morgan fingerprint density at radius 3 is 2.60 bits per heavy atom. The minimum absolute atomic E-state index is 0.00292. The van der Waals surface area contributed by atoms with E-state index < -0.39 is 0 Å². The van der Waals surface area contributed by atoms with E-state index in [1.165, 1.54) is 6.33 Å². The number of nitrogens with zero attached hydrogens (tertiary/aromatic N) is 4. The van der Waals surface area contributed by atoms with Crippen molar-refractivity contribution in [2.75, 3.05) is 7.05 Å². The summed E-state index contributed by atoms with van der Waals surface area (Å²) in [5.41, 5.74) is 2.00. The number of carbonyl (C=O) groups excluding carboxylic acids is 1. The Morgan fingerprint density at radius 2 is 2.00 bits per heavy atom. The van der Waals surface area contributed by atoms with Crippen LogP contribution in [0.5, 0.6) is 0 Å². The summed E-state index contributed by atoms with van der Waals surface area (Å²) < 4.78 is 1.70. The molecule has 2 amide bonds. The molecule has 6 nitrogen and oxygen atoms in total. The summed E-state index contributed by atoms with van der Waals surface area (Å²) in [6.07, 6.45) is 3.16. The third kappa shape index (κ3) is 3.88. The van der Waals surface area contributed by atoms with Crippen LogP contribution < -0.4 is 5.32 Å². The van der Waals surface area contributed by atoms with Crippen LogP contribution in [-0.4, -0.2) is 32.7 Å². The molecule has 2 heterocycles. The van der Waals surface area contributed by atoms with Crippen LogP contribution in [0.1, 0.15) is 36.4 Å². The maximum atomic E-state index is 12.5. The van der Waals surface area contributed by atoms with Gasteiger partial charge in [0.2, 0.25) is 0 Å². The molecule has 1 N–H and O–H groups in total. The van der Waals surface area contributed by atoms with E-state index in [2.05, 4.69) is 15.4 Å². The van der Waals surface area contributed by atoms with Crippen LogP contribution in [-0.2, 0) is 0 Å². The highest BCUT2D eigenvalue weighted by atomic mass is 32.1. The van der Waals surface area contributed by atoms with Crippen LogP contribution in [0, 0.1) is 0 Å². The molecule has 0 aliphatic heterocycles. The van der Waals surface area contributed by atoms with Crippen LogP contribution in [0.25, 0.3) is 5.69 Å². The fourth-order valence-electron chi connectivity index (χ4n) is 2.54. The van der Waals surface area contributed by atoms with Gasteiger partial charge in [-0.05, 0) is 43.0 Å². The van der Waals surface area contributed by atoms with Crippen LogP contribution in [0.3, 0.4) is 0 Å². The van der Waals surface area contributed by atoms with E-state index in [1.807, 2.05) is 62.7 Å². The second-order valence-corrected chi connectivity index (χ2v) is 6.88. The van der Waals surface area contributed by atoms with E-state index in [4.69, 9.17) is 0 Å². The van der Waals surface area contributed by atoms with Crippen LogP contribution >= 0.6 is 11.3 Å². The molecule has 1 aromatic carbocycles. The fourth-order valence-corrected chi connectivity index (χ4v) is 3.28. The number of amides is 2. The van der Waals surface area contributed by atoms with Crippen LogP contribution in [0.2, 0.25) is 0 Å². The first-order chi connectivity index (χ1) is 12.1. The van der Waals surface area contributed by atoms with Crippen molar-refractivity contribution < 1.29 is 4.79 Å². The largest absolute Gasteiger partial charge is 0.331 e. The molecule has 3 aromatic rings. The predicted molar refractivity (Wildman–Crippen MR) is 98.8 cm³/mol. The number of hydrogen-bond donors (Lipinski definition) is 1. The Balaban J connectivity index is 1.65. The van der Waals surface area contributed by atoms with Gasteiger partial charge < -0.3 is 10.2 Å². The molecule has 2 aromatic heterocycles. The normalized spacial score (nSPS) is 13.2. The summed E-state index contributed by atoms with van der Waals surface area (Å²) >= 11 is 1.64. The molecule has 7 heteroatoms. The summed E-state index contributed by atoms with van der Waals surface area (Å²) in [5.74, 6) is 0. The standard InChI is InChI=1S/C18H21N5OS/c1-13(17-5-4-10-25-17)21-18(24)22(3)14(2)15-6-8-16(9-7-15)23-12-19-11-20-23/h4-14H,1-3H3,(H,21,24)/t13-,14+/m1/s1. The fraction of sp³-hybridized carbons (Fsp3) is 0.278. The molecule has 0 aliphatic rings. The van der Waals surface area contributed by atoms with Gasteiger partial charge in [0.15, 0.2) is 0 Å². The lowest BCUT2D eigenvalue weighted by Gasteiger charge is -2.27. The Kier molecular flexibility index (Phi) is 5.14. The quantitative estimate of drug-likeness (QED) is 0.757. The topological polar surface area (TPSA) is 63.1 Å². The van der Waals surface area contributed by atoms with Gasteiger partial charge in [0.05, 0.1) is 17.8 Å². The summed E-state index contributed by atoms with van der Waals surface area (Å²) in [7, 11) is 1.81. The van der Waals surface area contributed by atoms with E-state index >= 15 is 0 Å². The van der Waals surface area contributed by atoms with Gasteiger partial charge in [0.1, 0.15) is 12.7 Å². The lowest BCUT2D eigenvalue weighted by Crippen LogP contribution is -2.39. The minimum Gasteiger partial charge on any atom is -0.331 e. The van der Waals surface area contributed by atoms with Crippen molar-refractivity contribution in [1.82, 2.24) is 25.0 Å². The molecule has 130 valence electrons. The number of benzene rings is 1. The van der Waals surface area contributed by atoms with Crippen molar-refractivity contribution in [1.29, 1.82) is 0 Å². The Labute approximate surface area is 151 Å². The number of carbonyl (C=O) groups is 1. The zero-order valence-electron chi connectivity index (χ0n) is 14.5. The summed E-state index contributed by atoms with van der Waals surface area (Å²) in [5, 5.41) is 9.17. The van der Waals surface area contributed by atoms with Gasteiger partial charge >= 0.3 is 6.03 Å². The second kappa shape index (κ2) is 7.48. The van der Waals surface area contributed by atoms with Gasteiger partial charge in [-0.1, -0.05) is 18.2 Å². The average Bonchev–Trinajstić information content (AvgIpc) is 3.33. The average molecular weight is 355 g/mol. The summed E-state index contributed by atoms with van der Waals surface area (Å²) in [6.45, 7) is 4.01. The maximum Gasteiger partial charge on any atom is 0.318 e. The molecule has 0 bridgehead atoms. The number of hydrogen-bond acceptors (Lipinski definition) is 4. The van der Waals surface area contributed by atoms with Gasteiger partial charge in [0.25, 0.3) is 0 Å². The van der Waals surface area contributed by atoms with Crippen LogP contribution in [0.15, 0.2) is 54.4 Å². The van der Waals surface area contributed by atoms with E-state index in [0.29, 0.717) is 0 Å². The van der Waals surface area contributed by atoms with E-state index in [1.54, 1.807) is 27.2 Å². The first-order valence-corrected chi connectivity index (χ1v) is 8.96. The molecule has 0 fully saturated rings. The van der Waals surface area contributed by atoms with Gasteiger partial charge in [0, 0.05) is 11.9 Å². The highest BCUT2D eigenvalue weighted by molar-refractivity contribution is 7.10. The van der Waals surface area contributed by atoms with E-state index in [9.17, 15) is 4.79 Å². The first kappa shape index (κ1) is 17.2. The Bertz CT molecular complexity index is 799. The molecule has 0 aliphatic carbocycles. The Hall–Kier alpha value is -2.67. The van der Waals surface area contributed by atoms with Crippen molar-refractivity contribution in [2.24, 2.45) is 0 Å². The van der Waals surface area contributed by atoms with Crippen molar-refractivity contribution >= 4 is 17.4 Å². The van der Waals surface area contributed by atoms with Gasteiger partial charge in [-0.3, -0.25) is 0 Å². The highest BCUT2D eigenvalue weighted by Gasteiger charge is 2.19. The number of urea groups is 1. The Morgan fingerprint density at radius 1 is 1.24 bits per heavy atom. The van der Waals surface area contributed by atoms with Crippen molar-refractivity contribution in [2.45, 2.75) is 25.9 Å². The molecule has 0 saturated carbocycles. The van der Waals surface area contributed by atoms with Crippen molar-refractivity contribution in [3.05, 3.63) is 64.9 Å². The zero-order valence-corrected chi connectivity index (χ0v) is 15.3. The number of thiophene rings is 1. The maximum absolute atomic E-state index is 12.5. The molecule has 2 atom stereocenters. The second-order valence-electron chi connectivity index (χ2n) is 5.91. The van der Waals surface area contributed by atoms with Crippen molar-refractivity contribution in [3.63, 3.8) is 0 Å². The van der Waals surface area contributed by atoms with Crippen LogP contribution in [0.4, 0.5) is 4.79 Å². The molecule has 0 radical (unpaired) electrons. The summed E-state index contributed by atoms with van der Waals surface area (Å²) in [6, 6.07) is 11.8. The smallest absolute Gasteiger partial charge is 0.318 e. The SMILES string of the molecule is C[C@@H](NC(=O)N(C)[C@@H](C)c1ccc(-n2cncn2)cc1)c1cccs1. The molecule has 0 spiro atoms. The lowest BCUT2D eigenvalue weighted by molar-refractivity contribution is 0.191. The number of nitrogens with one attached hydrogen (secondary N) is 1. The monoisotopic (exact) mass is 355 g/mol. The predicted octanol–water partition coefficient (Wildman–Crippen LogP) is 3.79. The third-order valence-electron chi connectivity index (χ3n) is 4.27. The minimum atomic E-state index is -0.0891. The molecule has 25 heavy (non-hydrogen) atoms. The molecule has 0 saturated heterocycles. The zero-order chi connectivity index (χ0) is 17.8. The van der Waals surface area contributed by atoms with E-state index in [0.717, 1.165) is 16.1 Å². The van der Waals surface area contributed by atoms with Gasteiger partial charge in [-0.25, -0.2) is 14.5 Å². The first-order valence-electron chi connectivity index (χ1n) is 8.08. The highest BCUT2D eigenvalue weighted by Crippen LogP contribution is 2.22. The number of aromatic nitrogens is 3. The molecule has 0 unspecified atom stereocenters. The van der Waals surface area contributed by atoms with Gasteiger partial charge in [-0.15, -0.1) is 11.3 Å². The molecular formula is C18H21N5OS. The molecular weight excluding hydrogens is 334 g/mol. The van der Waals surface area contributed by atoms with E-state index in [-0.39, 0.29) is 18.1 Å². The van der Waals surface area contributed by atoms with Gasteiger partial charge in [-0.2, -0.15) is 5.10 Å². The molecule has 3 rings (SSSR count). The van der Waals surface area contributed by atoms with Crippen molar-refractivity contribution in [3.8, 4) is 5.69 Å². The lowest BCUT2D eigenvalue weighted by atomic mass is 10.1. The third-order valence-corrected chi connectivity index (χ3v) is 5.33.